The molecule has 104 valence electrons. The Balaban J connectivity index is 2.19. The number of hydrogen-bond acceptors (Lipinski definition) is 5. The van der Waals surface area contributed by atoms with Gasteiger partial charge in [-0.1, -0.05) is 12.1 Å². The van der Waals surface area contributed by atoms with E-state index in [4.69, 9.17) is 11.6 Å². The highest BCUT2D eigenvalue weighted by Crippen LogP contribution is 2.22. The van der Waals surface area contributed by atoms with Gasteiger partial charge in [0.05, 0.1) is 4.92 Å². The van der Waals surface area contributed by atoms with Crippen molar-refractivity contribution in [1.29, 1.82) is 0 Å². The number of benzene rings is 1. The molecular formula is C13H13ClN4O2. The minimum Gasteiger partial charge on any atom is -0.366 e. The SMILES string of the molecule is Cc1cc(NCc2cccc([N+](=O)[O-])c2C)nc(Cl)n1. The largest absolute Gasteiger partial charge is 0.366 e. The van der Waals surface area contributed by atoms with Crippen LogP contribution in [0.5, 0.6) is 0 Å². The smallest absolute Gasteiger partial charge is 0.272 e. The van der Waals surface area contributed by atoms with Crippen LogP contribution in [0.3, 0.4) is 0 Å². The van der Waals surface area contributed by atoms with E-state index in [0.717, 1.165) is 11.3 Å². The van der Waals surface area contributed by atoms with Crippen LogP contribution in [0.2, 0.25) is 5.28 Å². The molecule has 1 aromatic carbocycles. The van der Waals surface area contributed by atoms with Gasteiger partial charge in [0, 0.05) is 29.9 Å². The van der Waals surface area contributed by atoms with Crippen LogP contribution in [-0.4, -0.2) is 14.9 Å². The lowest BCUT2D eigenvalue weighted by molar-refractivity contribution is -0.385. The van der Waals surface area contributed by atoms with Gasteiger partial charge in [0.15, 0.2) is 0 Å². The second-order valence-corrected chi connectivity index (χ2v) is 4.67. The van der Waals surface area contributed by atoms with Crippen LogP contribution in [0.4, 0.5) is 11.5 Å². The van der Waals surface area contributed by atoms with E-state index in [1.165, 1.54) is 6.07 Å². The van der Waals surface area contributed by atoms with Gasteiger partial charge in [0.2, 0.25) is 5.28 Å². The molecule has 0 unspecified atom stereocenters. The lowest BCUT2D eigenvalue weighted by Gasteiger charge is -2.09. The summed E-state index contributed by atoms with van der Waals surface area (Å²) in [5, 5.41) is 14.1. The highest BCUT2D eigenvalue weighted by Gasteiger charge is 2.13. The van der Waals surface area contributed by atoms with E-state index in [1.54, 1.807) is 19.1 Å². The molecular weight excluding hydrogens is 280 g/mol. The molecule has 0 fully saturated rings. The van der Waals surface area contributed by atoms with E-state index >= 15 is 0 Å². The van der Waals surface area contributed by atoms with Gasteiger partial charge in [-0.3, -0.25) is 10.1 Å². The minimum atomic E-state index is -0.384. The van der Waals surface area contributed by atoms with Crippen LogP contribution >= 0.6 is 11.6 Å². The van der Waals surface area contributed by atoms with Crippen molar-refractivity contribution in [1.82, 2.24) is 9.97 Å². The Labute approximate surface area is 121 Å². The molecule has 2 aromatic rings. The van der Waals surface area contributed by atoms with E-state index in [9.17, 15) is 10.1 Å². The van der Waals surface area contributed by atoms with E-state index in [1.807, 2.05) is 13.0 Å². The summed E-state index contributed by atoms with van der Waals surface area (Å²) in [4.78, 5) is 18.5. The van der Waals surface area contributed by atoms with Crippen LogP contribution in [0.1, 0.15) is 16.8 Å². The molecule has 1 aromatic heterocycles. The normalized spacial score (nSPS) is 10.3. The molecule has 0 aliphatic rings. The van der Waals surface area contributed by atoms with E-state index < -0.39 is 0 Å². The summed E-state index contributed by atoms with van der Waals surface area (Å²) in [6, 6.07) is 6.76. The molecule has 0 aliphatic carbocycles. The maximum Gasteiger partial charge on any atom is 0.272 e. The Kier molecular flexibility index (Phi) is 4.14. The number of nitrogens with zero attached hydrogens (tertiary/aromatic N) is 3. The van der Waals surface area contributed by atoms with Gasteiger partial charge in [-0.05, 0) is 31.0 Å². The molecule has 0 bridgehead atoms. The second-order valence-electron chi connectivity index (χ2n) is 4.34. The standard InChI is InChI=1S/C13H13ClN4O2/c1-8-6-12(17-13(14)16-8)15-7-10-4-3-5-11(9(10)2)18(19)20/h3-6H,7H2,1-2H3,(H,15,16,17). The summed E-state index contributed by atoms with van der Waals surface area (Å²) in [5.74, 6) is 0.591. The summed E-state index contributed by atoms with van der Waals surface area (Å²) in [5.41, 5.74) is 2.35. The van der Waals surface area contributed by atoms with Crippen LogP contribution in [-0.2, 0) is 6.54 Å². The van der Waals surface area contributed by atoms with Crippen LogP contribution in [0, 0.1) is 24.0 Å². The fraction of sp³-hybridized carbons (Fsp3) is 0.231. The fourth-order valence-corrected chi connectivity index (χ4v) is 2.09. The monoisotopic (exact) mass is 292 g/mol. The first kappa shape index (κ1) is 14.2. The van der Waals surface area contributed by atoms with Gasteiger partial charge in [-0.25, -0.2) is 9.97 Å². The Morgan fingerprint density at radius 1 is 1.35 bits per heavy atom. The number of hydrogen-bond donors (Lipinski definition) is 1. The predicted octanol–water partition coefficient (Wildman–Crippen LogP) is 3.27. The molecule has 0 saturated heterocycles. The lowest BCUT2D eigenvalue weighted by atomic mass is 10.1. The maximum atomic E-state index is 10.9. The van der Waals surface area contributed by atoms with E-state index in [-0.39, 0.29) is 15.9 Å². The maximum absolute atomic E-state index is 10.9. The first-order chi connectivity index (χ1) is 9.47. The molecule has 0 atom stereocenters. The molecule has 6 nitrogen and oxygen atoms in total. The lowest BCUT2D eigenvalue weighted by Crippen LogP contribution is -2.05. The summed E-state index contributed by atoms with van der Waals surface area (Å²) in [6.45, 7) is 3.98. The third-order valence-electron chi connectivity index (χ3n) is 2.90. The topological polar surface area (TPSA) is 81.0 Å². The predicted molar refractivity (Wildman–Crippen MR) is 76.9 cm³/mol. The van der Waals surface area contributed by atoms with Crippen molar-refractivity contribution in [2.75, 3.05) is 5.32 Å². The number of aryl methyl sites for hydroxylation is 1. The van der Waals surface area contributed by atoms with Crippen LogP contribution in [0.25, 0.3) is 0 Å². The zero-order valence-electron chi connectivity index (χ0n) is 11.1. The molecule has 0 amide bonds. The average Bonchev–Trinajstić information content (AvgIpc) is 2.36. The molecule has 0 radical (unpaired) electrons. The summed E-state index contributed by atoms with van der Waals surface area (Å²) in [7, 11) is 0. The number of anilines is 1. The molecule has 2 rings (SSSR count). The summed E-state index contributed by atoms with van der Waals surface area (Å²) in [6.07, 6.45) is 0. The number of nitrogens with one attached hydrogen (secondary N) is 1. The number of rotatable bonds is 4. The zero-order chi connectivity index (χ0) is 14.7. The Bertz CT molecular complexity index is 641. The van der Waals surface area contributed by atoms with Gasteiger partial charge in [0.25, 0.3) is 5.69 Å². The van der Waals surface area contributed by atoms with Crippen molar-refractivity contribution in [3.05, 3.63) is 56.5 Å². The van der Waals surface area contributed by atoms with Crippen molar-refractivity contribution < 1.29 is 4.92 Å². The number of nitro benzene ring substituents is 1. The van der Waals surface area contributed by atoms with Gasteiger partial charge < -0.3 is 5.32 Å². The van der Waals surface area contributed by atoms with Crippen LogP contribution in [0.15, 0.2) is 24.3 Å². The summed E-state index contributed by atoms with van der Waals surface area (Å²) >= 11 is 5.78. The zero-order valence-corrected chi connectivity index (χ0v) is 11.8. The minimum absolute atomic E-state index is 0.112. The van der Waals surface area contributed by atoms with Crippen molar-refractivity contribution in [2.45, 2.75) is 20.4 Å². The summed E-state index contributed by atoms with van der Waals surface area (Å²) < 4.78 is 0. The molecule has 0 saturated carbocycles. The highest BCUT2D eigenvalue weighted by molar-refractivity contribution is 6.28. The molecule has 20 heavy (non-hydrogen) atoms. The number of aromatic nitrogens is 2. The quantitative estimate of drug-likeness (QED) is 0.531. The third-order valence-corrected chi connectivity index (χ3v) is 3.07. The molecule has 0 aliphatic heterocycles. The first-order valence-electron chi connectivity index (χ1n) is 5.95. The van der Waals surface area contributed by atoms with E-state index in [2.05, 4.69) is 15.3 Å². The number of halogens is 1. The molecule has 7 heteroatoms. The average molecular weight is 293 g/mol. The van der Waals surface area contributed by atoms with Crippen molar-refractivity contribution in [3.8, 4) is 0 Å². The van der Waals surface area contributed by atoms with Crippen molar-refractivity contribution in [2.24, 2.45) is 0 Å². The fourth-order valence-electron chi connectivity index (χ4n) is 1.87. The van der Waals surface area contributed by atoms with Crippen LogP contribution < -0.4 is 5.32 Å². The first-order valence-corrected chi connectivity index (χ1v) is 6.33. The second kappa shape index (κ2) is 5.83. The molecule has 1 N–H and O–H groups in total. The van der Waals surface area contributed by atoms with Crippen molar-refractivity contribution >= 4 is 23.1 Å². The van der Waals surface area contributed by atoms with E-state index in [0.29, 0.717) is 17.9 Å². The van der Waals surface area contributed by atoms with Crippen molar-refractivity contribution in [3.63, 3.8) is 0 Å². The molecule has 1 heterocycles. The highest BCUT2D eigenvalue weighted by atomic mass is 35.5. The van der Waals surface area contributed by atoms with Gasteiger partial charge in [-0.15, -0.1) is 0 Å². The Morgan fingerprint density at radius 2 is 2.10 bits per heavy atom. The Hall–Kier alpha value is -2.21. The molecule has 0 spiro atoms. The third kappa shape index (κ3) is 3.21. The Morgan fingerprint density at radius 3 is 2.75 bits per heavy atom. The van der Waals surface area contributed by atoms with Gasteiger partial charge >= 0.3 is 0 Å². The number of nitro groups is 1. The van der Waals surface area contributed by atoms with Gasteiger partial charge in [0.1, 0.15) is 5.82 Å². The van der Waals surface area contributed by atoms with Gasteiger partial charge in [-0.2, -0.15) is 0 Å².